The number of rotatable bonds is 2. The van der Waals surface area contributed by atoms with Crippen molar-refractivity contribution in [2.75, 3.05) is 16.8 Å². The lowest BCUT2D eigenvalue weighted by atomic mass is 10.2. The zero-order chi connectivity index (χ0) is 14.1. The Morgan fingerprint density at radius 3 is 2.50 bits per heavy atom. The third-order valence-electron chi connectivity index (χ3n) is 2.91. The fourth-order valence-electron chi connectivity index (χ4n) is 1.90. The van der Waals surface area contributed by atoms with Gasteiger partial charge in [0.15, 0.2) is 0 Å². The maximum absolute atomic E-state index is 12.0. The van der Waals surface area contributed by atoms with Gasteiger partial charge < -0.3 is 16.5 Å². The molecule has 0 spiro atoms. The SMILES string of the molecule is Nc1ccc(C(=O)Nc2nc3ccc(N)cc3[nH]2)cc1. The van der Waals surface area contributed by atoms with E-state index < -0.39 is 0 Å². The second kappa shape index (κ2) is 4.58. The largest absolute Gasteiger partial charge is 0.399 e. The Morgan fingerprint density at radius 2 is 1.75 bits per heavy atom. The van der Waals surface area contributed by atoms with Crippen LogP contribution in [0.4, 0.5) is 17.3 Å². The van der Waals surface area contributed by atoms with E-state index in [-0.39, 0.29) is 5.91 Å². The summed E-state index contributed by atoms with van der Waals surface area (Å²) in [5, 5.41) is 2.70. The van der Waals surface area contributed by atoms with Crippen molar-refractivity contribution in [2.45, 2.75) is 0 Å². The highest BCUT2D eigenvalue weighted by atomic mass is 16.1. The highest BCUT2D eigenvalue weighted by molar-refractivity contribution is 6.04. The summed E-state index contributed by atoms with van der Waals surface area (Å²) in [6.45, 7) is 0. The molecule has 1 heterocycles. The molecular formula is C14H13N5O. The number of fused-ring (bicyclic) bond motifs is 1. The Bertz CT molecular complexity index is 776. The minimum absolute atomic E-state index is 0.253. The summed E-state index contributed by atoms with van der Waals surface area (Å²) < 4.78 is 0. The molecule has 1 aromatic heterocycles. The van der Waals surface area contributed by atoms with Crippen LogP contribution in [0.15, 0.2) is 42.5 Å². The number of aromatic amines is 1. The van der Waals surface area contributed by atoms with E-state index >= 15 is 0 Å². The number of carbonyl (C=O) groups is 1. The molecule has 100 valence electrons. The minimum atomic E-state index is -0.253. The van der Waals surface area contributed by atoms with E-state index in [2.05, 4.69) is 15.3 Å². The summed E-state index contributed by atoms with van der Waals surface area (Å²) in [6, 6.07) is 12.0. The molecule has 0 saturated carbocycles. The number of H-pyrrole nitrogens is 1. The van der Waals surface area contributed by atoms with E-state index in [1.54, 1.807) is 42.5 Å². The van der Waals surface area contributed by atoms with Crippen LogP contribution in [-0.4, -0.2) is 15.9 Å². The zero-order valence-corrected chi connectivity index (χ0v) is 10.6. The molecule has 20 heavy (non-hydrogen) atoms. The first-order valence-corrected chi connectivity index (χ1v) is 6.04. The summed E-state index contributed by atoms with van der Waals surface area (Å²) >= 11 is 0. The Morgan fingerprint density at radius 1 is 1.05 bits per heavy atom. The number of amides is 1. The molecule has 6 heteroatoms. The van der Waals surface area contributed by atoms with E-state index in [1.165, 1.54) is 0 Å². The highest BCUT2D eigenvalue weighted by Gasteiger charge is 2.09. The maximum atomic E-state index is 12.0. The number of nitrogens with two attached hydrogens (primary N) is 2. The summed E-state index contributed by atoms with van der Waals surface area (Å²) in [5.41, 5.74) is 14.6. The van der Waals surface area contributed by atoms with Crippen LogP contribution in [0.3, 0.4) is 0 Å². The number of hydrogen-bond acceptors (Lipinski definition) is 4. The van der Waals surface area contributed by atoms with Gasteiger partial charge in [-0.05, 0) is 42.5 Å². The average molecular weight is 267 g/mol. The lowest BCUT2D eigenvalue weighted by Crippen LogP contribution is -2.12. The molecule has 0 atom stereocenters. The van der Waals surface area contributed by atoms with Gasteiger partial charge in [-0.2, -0.15) is 0 Å². The number of nitrogen functional groups attached to an aromatic ring is 2. The predicted octanol–water partition coefficient (Wildman–Crippen LogP) is 1.98. The third-order valence-corrected chi connectivity index (χ3v) is 2.91. The molecule has 3 rings (SSSR count). The number of carbonyl (C=O) groups excluding carboxylic acids is 1. The lowest BCUT2D eigenvalue weighted by molar-refractivity contribution is 0.102. The predicted molar refractivity (Wildman–Crippen MR) is 79.3 cm³/mol. The fraction of sp³-hybridized carbons (Fsp3) is 0. The molecule has 2 aromatic carbocycles. The van der Waals surface area contributed by atoms with Crippen molar-refractivity contribution >= 4 is 34.3 Å². The molecule has 6 nitrogen and oxygen atoms in total. The van der Waals surface area contributed by atoms with Gasteiger partial charge in [0.25, 0.3) is 5.91 Å². The highest BCUT2D eigenvalue weighted by Crippen LogP contribution is 2.17. The van der Waals surface area contributed by atoms with Gasteiger partial charge in [-0.25, -0.2) is 4.98 Å². The standard InChI is InChI=1S/C14H13N5O/c15-9-3-1-8(2-4-9)13(20)19-14-17-11-6-5-10(16)7-12(11)18-14/h1-7H,15-16H2,(H2,17,18,19,20). The number of nitrogens with zero attached hydrogens (tertiary/aromatic N) is 1. The van der Waals surface area contributed by atoms with Crippen LogP contribution in [-0.2, 0) is 0 Å². The van der Waals surface area contributed by atoms with Gasteiger partial charge in [-0.15, -0.1) is 0 Å². The molecule has 0 aliphatic rings. The number of imidazole rings is 1. The first-order chi connectivity index (χ1) is 9.61. The molecule has 0 bridgehead atoms. The fourth-order valence-corrected chi connectivity index (χ4v) is 1.90. The first-order valence-electron chi connectivity index (χ1n) is 6.04. The summed E-state index contributed by atoms with van der Waals surface area (Å²) in [6.07, 6.45) is 0. The lowest BCUT2D eigenvalue weighted by Gasteiger charge is -2.01. The summed E-state index contributed by atoms with van der Waals surface area (Å²) in [4.78, 5) is 19.3. The molecule has 3 aromatic rings. The topological polar surface area (TPSA) is 110 Å². The van der Waals surface area contributed by atoms with E-state index in [0.29, 0.717) is 22.9 Å². The maximum Gasteiger partial charge on any atom is 0.257 e. The van der Waals surface area contributed by atoms with Crippen molar-refractivity contribution in [3.63, 3.8) is 0 Å². The minimum Gasteiger partial charge on any atom is -0.399 e. The van der Waals surface area contributed by atoms with Crippen LogP contribution in [0.25, 0.3) is 11.0 Å². The van der Waals surface area contributed by atoms with Gasteiger partial charge in [0, 0.05) is 16.9 Å². The van der Waals surface area contributed by atoms with Crippen LogP contribution in [0.1, 0.15) is 10.4 Å². The molecule has 1 amide bonds. The molecular weight excluding hydrogens is 254 g/mol. The van der Waals surface area contributed by atoms with Gasteiger partial charge in [-0.1, -0.05) is 0 Å². The monoisotopic (exact) mass is 267 g/mol. The van der Waals surface area contributed by atoms with Crippen LogP contribution in [0, 0.1) is 0 Å². The number of benzene rings is 2. The Hall–Kier alpha value is -3.02. The molecule has 0 aliphatic carbocycles. The number of anilines is 3. The molecule has 6 N–H and O–H groups in total. The molecule has 0 saturated heterocycles. The molecule has 0 aliphatic heterocycles. The van der Waals surface area contributed by atoms with Crippen molar-refractivity contribution < 1.29 is 4.79 Å². The second-order valence-corrected chi connectivity index (χ2v) is 4.44. The van der Waals surface area contributed by atoms with Crippen molar-refractivity contribution in [3.05, 3.63) is 48.0 Å². The summed E-state index contributed by atoms with van der Waals surface area (Å²) in [7, 11) is 0. The van der Waals surface area contributed by atoms with Crippen LogP contribution in [0.5, 0.6) is 0 Å². The van der Waals surface area contributed by atoms with Crippen molar-refractivity contribution in [3.8, 4) is 0 Å². The summed E-state index contributed by atoms with van der Waals surface area (Å²) in [5.74, 6) is 0.129. The number of nitrogens with one attached hydrogen (secondary N) is 2. The van der Waals surface area contributed by atoms with E-state index in [4.69, 9.17) is 11.5 Å². The van der Waals surface area contributed by atoms with E-state index in [9.17, 15) is 4.79 Å². The Kier molecular flexibility index (Phi) is 2.76. The zero-order valence-electron chi connectivity index (χ0n) is 10.6. The van der Waals surface area contributed by atoms with Gasteiger partial charge >= 0.3 is 0 Å². The quantitative estimate of drug-likeness (QED) is 0.532. The normalized spacial score (nSPS) is 10.6. The van der Waals surface area contributed by atoms with Crippen LogP contribution >= 0.6 is 0 Å². The van der Waals surface area contributed by atoms with Crippen LogP contribution < -0.4 is 16.8 Å². The second-order valence-electron chi connectivity index (χ2n) is 4.44. The van der Waals surface area contributed by atoms with Gasteiger partial charge in [0.1, 0.15) is 0 Å². The molecule has 0 fully saturated rings. The van der Waals surface area contributed by atoms with Gasteiger partial charge in [0.05, 0.1) is 11.0 Å². The van der Waals surface area contributed by atoms with Crippen molar-refractivity contribution in [1.82, 2.24) is 9.97 Å². The third kappa shape index (κ3) is 2.26. The smallest absolute Gasteiger partial charge is 0.257 e. The molecule has 0 radical (unpaired) electrons. The molecule has 0 unspecified atom stereocenters. The van der Waals surface area contributed by atoms with E-state index in [0.717, 1.165) is 11.0 Å². The Labute approximate surface area is 114 Å². The number of aromatic nitrogens is 2. The van der Waals surface area contributed by atoms with Crippen molar-refractivity contribution in [1.29, 1.82) is 0 Å². The Balaban J connectivity index is 1.85. The van der Waals surface area contributed by atoms with Crippen molar-refractivity contribution in [2.24, 2.45) is 0 Å². The first kappa shape index (κ1) is 12.0. The van der Waals surface area contributed by atoms with Crippen LogP contribution in [0.2, 0.25) is 0 Å². The number of hydrogen-bond donors (Lipinski definition) is 4. The average Bonchev–Trinajstić information content (AvgIpc) is 2.80. The van der Waals surface area contributed by atoms with Gasteiger partial charge in [0.2, 0.25) is 5.95 Å². The van der Waals surface area contributed by atoms with E-state index in [1.807, 2.05) is 0 Å². The van der Waals surface area contributed by atoms with Gasteiger partial charge in [-0.3, -0.25) is 10.1 Å².